The third kappa shape index (κ3) is 3.38. The monoisotopic (exact) mass is 466 g/mol. The molecule has 0 spiro atoms. The molecule has 0 unspecified atom stereocenters. The highest BCUT2D eigenvalue weighted by Crippen LogP contribution is 2.39. The van der Waals surface area contributed by atoms with Crippen molar-refractivity contribution in [2.45, 2.75) is 6.18 Å². The molecule has 0 aliphatic heterocycles. The predicted molar refractivity (Wildman–Crippen MR) is 114 cm³/mol. The molecule has 0 aliphatic rings. The number of alkyl halides is 3. The van der Waals surface area contributed by atoms with Gasteiger partial charge in [0.1, 0.15) is 17.3 Å². The number of halogens is 5. The quantitative estimate of drug-likeness (QED) is 0.340. The Balaban J connectivity index is 1.82. The lowest BCUT2D eigenvalue weighted by Gasteiger charge is -2.08. The van der Waals surface area contributed by atoms with E-state index < -0.39 is 45.8 Å². The van der Waals surface area contributed by atoms with Crippen LogP contribution in [0.3, 0.4) is 0 Å². The van der Waals surface area contributed by atoms with Crippen LogP contribution in [0.1, 0.15) is 11.3 Å². The lowest BCUT2D eigenvalue weighted by Crippen LogP contribution is -2.16. The van der Waals surface area contributed by atoms with Crippen LogP contribution in [0.4, 0.5) is 22.0 Å². The average molecular weight is 466 g/mol. The summed E-state index contributed by atoms with van der Waals surface area (Å²) in [7, 11) is 0. The van der Waals surface area contributed by atoms with Crippen LogP contribution in [0.2, 0.25) is 0 Å². The maximum absolute atomic E-state index is 14.5. The molecule has 2 aromatic heterocycles. The number of nitriles is 1. The lowest BCUT2D eigenvalue weighted by molar-refractivity contribution is -0.140. The Kier molecular flexibility index (Phi) is 4.72. The zero-order valence-electron chi connectivity index (χ0n) is 16.9. The van der Waals surface area contributed by atoms with Gasteiger partial charge in [-0.25, -0.2) is 13.8 Å². The van der Waals surface area contributed by atoms with Gasteiger partial charge in [-0.3, -0.25) is 9.89 Å². The van der Waals surface area contributed by atoms with E-state index in [-0.39, 0.29) is 10.9 Å². The minimum absolute atomic E-state index is 0.0380. The molecule has 5 rings (SSSR count). The first-order valence-corrected chi connectivity index (χ1v) is 9.79. The summed E-state index contributed by atoms with van der Waals surface area (Å²) >= 11 is 0. The fourth-order valence-corrected chi connectivity index (χ4v) is 3.81. The van der Waals surface area contributed by atoms with Gasteiger partial charge in [0, 0.05) is 11.6 Å². The van der Waals surface area contributed by atoms with Crippen LogP contribution in [0.5, 0.6) is 0 Å². The van der Waals surface area contributed by atoms with Gasteiger partial charge in [0.15, 0.2) is 5.65 Å². The van der Waals surface area contributed by atoms with Gasteiger partial charge in [0.2, 0.25) is 0 Å². The maximum Gasteiger partial charge on any atom is 0.433 e. The summed E-state index contributed by atoms with van der Waals surface area (Å²) in [5, 5.41) is 11.0. The smallest absolute Gasteiger partial charge is 0.284 e. The number of hydrogen-bond donors (Lipinski definition) is 1. The summed E-state index contributed by atoms with van der Waals surface area (Å²) in [4.78, 5) is 17.3. The SMILES string of the molecule is N#Cc1ccc(-c2ccc3c(=O)n4[nH]c(C(F)(F)F)c(-c5ccc(F)cc5F)c4nc3c2)cc1. The number of hydrogen-bond acceptors (Lipinski definition) is 3. The Bertz CT molecular complexity index is 1690. The zero-order chi connectivity index (χ0) is 24.2. The summed E-state index contributed by atoms with van der Waals surface area (Å²) < 4.78 is 70.0. The number of aromatic amines is 1. The summed E-state index contributed by atoms with van der Waals surface area (Å²) in [6.07, 6.45) is -4.98. The first-order valence-electron chi connectivity index (χ1n) is 9.79. The number of rotatable bonds is 2. The van der Waals surface area contributed by atoms with E-state index >= 15 is 0 Å². The van der Waals surface area contributed by atoms with Crippen molar-refractivity contribution >= 4 is 16.6 Å². The normalized spacial score (nSPS) is 11.8. The molecule has 2 heterocycles. The maximum atomic E-state index is 14.5. The van der Waals surface area contributed by atoms with Gasteiger partial charge in [0.05, 0.1) is 28.1 Å². The van der Waals surface area contributed by atoms with E-state index in [9.17, 15) is 26.7 Å². The van der Waals surface area contributed by atoms with Gasteiger partial charge >= 0.3 is 6.18 Å². The van der Waals surface area contributed by atoms with Gasteiger partial charge in [-0.05, 0) is 47.5 Å². The number of H-pyrrole nitrogens is 1. The highest BCUT2D eigenvalue weighted by molar-refractivity contribution is 5.89. The van der Waals surface area contributed by atoms with Crippen LogP contribution < -0.4 is 5.56 Å². The van der Waals surface area contributed by atoms with E-state index in [1.165, 1.54) is 12.1 Å². The average Bonchev–Trinajstić information content (AvgIpc) is 3.19. The second-order valence-electron chi connectivity index (χ2n) is 7.48. The fourth-order valence-electron chi connectivity index (χ4n) is 3.81. The molecule has 0 atom stereocenters. The molecule has 168 valence electrons. The van der Waals surface area contributed by atoms with E-state index in [0.717, 1.165) is 12.1 Å². The van der Waals surface area contributed by atoms with E-state index in [2.05, 4.69) is 4.98 Å². The topological polar surface area (TPSA) is 73.9 Å². The standard InChI is InChI=1S/C24H11F5N4O/c25-15-6-8-16(18(26)10-15)20-21(24(27,28)29)32-33-22(20)31-19-9-14(5-7-17(19)23(33)34)13-3-1-12(11-30)2-4-13/h1-10,32H. The summed E-state index contributed by atoms with van der Waals surface area (Å²) in [6, 6.07) is 15.3. The van der Waals surface area contributed by atoms with Crippen molar-refractivity contribution in [2.75, 3.05) is 0 Å². The minimum Gasteiger partial charge on any atom is -0.284 e. The summed E-state index contributed by atoms with van der Waals surface area (Å²) in [5.41, 5.74) is -2.08. The fraction of sp³-hybridized carbons (Fsp3) is 0.0417. The lowest BCUT2D eigenvalue weighted by atomic mass is 10.0. The van der Waals surface area contributed by atoms with Crippen molar-refractivity contribution in [1.29, 1.82) is 5.26 Å². The molecule has 0 saturated heterocycles. The Morgan fingerprint density at radius 2 is 1.65 bits per heavy atom. The molecule has 1 N–H and O–H groups in total. The number of nitrogens with zero attached hydrogens (tertiary/aromatic N) is 3. The van der Waals surface area contributed by atoms with Crippen LogP contribution in [-0.4, -0.2) is 14.6 Å². The van der Waals surface area contributed by atoms with Crippen molar-refractivity contribution < 1.29 is 22.0 Å². The number of fused-ring (bicyclic) bond motifs is 2. The molecule has 0 saturated carbocycles. The van der Waals surface area contributed by atoms with E-state index in [0.29, 0.717) is 27.3 Å². The van der Waals surface area contributed by atoms with Crippen molar-refractivity contribution in [1.82, 2.24) is 14.6 Å². The van der Waals surface area contributed by atoms with Gasteiger partial charge in [-0.15, -0.1) is 0 Å². The van der Waals surface area contributed by atoms with Gasteiger partial charge < -0.3 is 0 Å². The van der Waals surface area contributed by atoms with Crippen molar-refractivity contribution in [3.8, 4) is 28.3 Å². The Labute approximate surface area is 187 Å². The molecular weight excluding hydrogens is 455 g/mol. The molecular formula is C24H11F5N4O. The van der Waals surface area contributed by atoms with Crippen molar-refractivity contribution in [2.24, 2.45) is 0 Å². The van der Waals surface area contributed by atoms with Gasteiger partial charge in [-0.2, -0.15) is 22.9 Å². The highest BCUT2D eigenvalue weighted by atomic mass is 19.4. The van der Waals surface area contributed by atoms with Crippen LogP contribution in [0, 0.1) is 23.0 Å². The zero-order valence-corrected chi connectivity index (χ0v) is 16.9. The molecule has 10 heteroatoms. The van der Waals surface area contributed by atoms with Crippen LogP contribution in [0.15, 0.2) is 65.5 Å². The summed E-state index contributed by atoms with van der Waals surface area (Å²) in [5.74, 6) is -2.19. The third-order valence-corrected chi connectivity index (χ3v) is 5.40. The highest BCUT2D eigenvalue weighted by Gasteiger charge is 2.39. The minimum atomic E-state index is -4.98. The Morgan fingerprint density at radius 3 is 2.29 bits per heavy atom. The molecule has 5 nitrogen and oxygen atoms in total. The number of nitrogens with one attached hydrogen (secondary N) is 1. The molecule has 0 radical (unpaired) electrons. The van der Waals surface area contributed by atoms with Crippen molar-refractivity contribution in [3.05, 3.63) is 93.9 Å². The molecule has 0 aliphatic carbocycles. The second kappa shape index (κ2) is 7.52. The molecule has 0 bridgehead atoms. The first kappa shape index (κ1) is 21.3. The molecule has 5 aromatic rings. The van der Waals surface area contributed by atoms with Crippen LogP contribution in [-0.2, 0) is 6.18 Å². The van der Waals surface area contributed by atoms with E-state index in [1.807, 2.05) is 11.2 Å². The van der Waals surface area contributed by atoms with Crippen LogP contribution in [0.25, 0.3) is 38.8 Å². The van der Waals surface area contributed by atoms with E-state index in [4.69, 9.17) is 5.26 Å². The first-order chi connectivity index (χ1) is 16.2. The number of aromatic nitrogens is 3. The molecule has 3 aromatic carbocycles. The second-order valence-corrected chi connectivity index (χ2v) is 7.48. The van der Waals surface area contributed by atoms with Gasteiger partial charge in [0.25, 0.3) is 5.56 Å². The predicted octanol–water partition coefficient (Wildman–Crippen LogP) is 5.68. The summed E-state index contributed by atoms with van der Waals surface area (Å²) in [6.45, 7) is 0. The van der Waals surface area contributed by atoms with E-state index in [1.54, 1.807) is 30.3 Å². The molecule has 0 fully saturated rings. The van der Waals surface area contributed by atoms with Crippen molar-refractivity contribution in [3.63, 3.8) is 0 Å². The van der Waals surface area contributed by atoms with Crippen LogP contribution >= 0.6 is 0 Å². The molecule has 34 heavy (non-hydrogen) atoms. The largest absolute Gasteiger partial charge is 0.433 e. The number of benzene rings is 3. The Hall–Kier alpha value is -4.52. The third-order valence-electron chi connectivity index (χ3n) is 5.40. The Morgan fingerprint density at radius 1 is 0.941 bits per heavy atom. The molecule has 0 amide bonds. The van der Waals surface area contributed by atoms with Gasteiger partial charge in [-0.1, -0.05) is 18.2 Å².